The molecule has 0 fully saturated rings. The van der Waals surface area contributed by atoms with Crippen LogP contribution in [0.4, 0.5) is 0 Å². The van der Waals surface area contributed by atoms with E-state index in [2.05, 4.69) is 0 Å². The van der Waals surface area contributed by atoms with Crippen molar-refractivity contribution < 1.29 is 23.8 Å². The van der Waals surface area contributed by atoms with Crippen molar-refractivity contribution in [2.24, 2.45) is 0 Å². The molecule has 120 valence electrons. The lowest BCUT2D eigenvalue weighted by Crippen LogP contribution is -2.13. The van der Waals surface area contributed by atoms with Gasteiger partial charge in [0.05, 0.1) is 13.2 Å². The summed E-state index contributed by atoms with van der Waals surface area (Å²) in [5, 5.41) is 0. The Bertz CT molecular complexity index is 734. The van der Waals surface area contributed by atoms with Crippen LogP contribution in [-0.2, 0) is 4.74 Å². The van der Waals surface area contributed by atoms with Gasteiger partial charge in [0.25, 0.3) is 0 Å². The number of carbonyl (C=O) groups excluding carboxylic acids is 2. The van der Waals surface area contributed by atoms with E-state index in [4.69, 9.17) is 14.2 Å². The lowest BCUT2D eigenvalue weighted by molar-refractivity contribution is 0.0479. The minimum absolute atomic E-state index is 0.276. The summed E-state index contributed by atoms with van der Waals surface area (Å²) in [5.74, 6) is 0.423. The molecule has 2 aromatic rings. The Morgan fingerprint density at radius 3 is 2.65 bits per heavy atom. The molecule has 1 aliphatic heterocycles. The molecule has 0 amide bonds. The molecule has 0 radical (unpaired) electrons. The Morgan fingerprint density at radius 2 is 1.91 bits per heavy atom. The number of thiophene rings is 1. The van der Waals surface area contributed by atoms with E-state index in [0.717, 1.165) is 11.3 Å². The van der Waals surface area contributed by atoms with Gasteiger partial charge in [-0.25, -0.2) is 4.79 Å². The van der Waals surface area contributed by atoms with Crippen molar-refractivity contribution in [1.82, 2.24) is 0 Å². The summed E-state index contributed by atoms with van der Waals surface area (Å²) < 4.78 is 16.2. The van der Waals surface area contributed by atoms with Crippen LogP contribution in [0.1, 0.15) is 31.3 Å². The molecule has 0 saturated carbocycles. The first-order chi connectivity index (χ1) is 11.1. The van der Waals surface area contributed by atoms with Gasteiger partial charge in [0.1, 0.15) is 4.88 Å². The zero-order valence-corrected chi connectivity index (χ0v) is 13.5. The zero-order chi connectivity index (χ0) is 16.2. The lowest BCUT2D eigenvalue weighted by atomic mass is 10.1. The monoisotopic (exact) mass is 332 g/mol. The predicted octanol–water partition coefficient (Wildman–Crippen LogP) is 3.26. The SMILES string of the molecule is Cc1ccc(C(=O)OCC(=O)c2ccc3c(c2)OCCCO3)s1. The Balaban J connectivity index is 1.64. The molecule has 1 aliphatic rings. The molecular formula is C17H16O5S. The Hall–Kier alpha value is -2.34. The van der Waals surface area contributed by atoms with Crippen molar-refractivity contribution in [3.05, 3.63) is 45.6 Å². The van der Waals surface area contributed by atoms with Gasteiger partial charge in [-0.05, 0) is 37.3 Å². The summed E-state index contributed by atoms with van der Waals surface area (Å²) in [6, 6.07) is 8.52. The van der Waals surface area contributed by atoms with E-state index in [9.17, 15) is 9.59 Å². The minimum atomic E-state index is -0.481. The van der Waals surface area contributed by atoms with Crippen LogP contribution in [0, 0.1) is 6.92 Å². The second-order valence-electron chi connectivity index (χ2n) is 5.12. The summed E-state index contributed by atoms with van der Waals surface area (Å²) >= 11 is 1.34. The summed E-state index contributed by atoms with van der Waals surface area (Å²) in [4.78, 5) is 25.6. The van der Waals surface area contributed by atoms with Crippen LogP contribution in [-0.4, -0.2) is 31.6 Å². The van der Waals surface area contributed by atoms with Gasteiger partial charge in [-0.2, -0.15) is 0 Å². The molecule has 1 aromatic heterocycles. The number of carbonyl (C=O) groups is 2. The van der Waals surface area contributed by atoms with Gasteiger partial charge in [-0.15, -0.1) is 11.3 Å². The number of Topliss-reactive ketones (excluding diaryl/α,β-unsaturated/α-hetero) is 1. The third-order valence-electron chi connectivity index (χ3n) is 3.35. The van der Waals surface area contributed by atoms with Crippen LogP contribution in [0.2, 0.25) is 0 Å². The number of ether oxygens (including phenoxy) is 3. The third-order valence-corrected chi connectivity index (χ3v) is 4.33. The van der Waals surface area contributed by atoms with Crippen molar-refractivity contribution >= 4 is 23.1 Å². The molecule has 1 aromatic carbocycles. The number of esters is 1. The maximum absolute atomic E-state index is 12.2. The van der Waals surface area contributed by atoms with E-state index in [0.29, 0.717) is 35.2 Å². The molecule has 0 spiro atoms. The molecule has 3 rings (SSSR count). The highest BCUT2D eigenvalue weighted by molar-refractivity contribution is 7.13. The smallest absolute Gasteiger partial charge is 0.348 e. The average molecular weight is 332 g/mol. The van der Waals surface area contributed by atoms with E-state index >= 15 is 0 Å². The van der Waals surface area contributed by atoms with Crippen molar-refractivity contribution in [2.75, 3.05) is 19.8 Å². The molecule has 0 unspecified atom stereocenters. The van der Waals surface area contributed by atoms with Gasteiger partial charge in [-0.1, -0.05) is 0 Å². The molecule has 0 N–H and O–H groups in total. The lowest BCUT2D eigenvalue weighted by Gasteiger charge is -2.09. The molecule has 0 saturated heterocycles. The van der Waals surface area contributed by atoms with Crippen molar-refractivity contribution in [3.63, 3.8) is 0 Å². The normalized spacial score (nSPS) is 13.3. The number of rotatable bonds is 4. The number of hydrogen-bond acceptors (Lipinski definition) is 6. The Morgan fingerprint density at radius 1 is 1.13 bits per heavy atom. The maximum atomic E-state index is 12.2. The largest absolute Gasteiger partial charge is 0.490 e. The van der Waals surface area contributed by atoms with E-state index in [-0.39, 0.29) is 12.4 Å². The average Bonchev–Trinajstić information content (AvgIpc) is 2.85. The number of fused-ring (bicyclic) bond motifs is 1. The Kier molecular flexibility index (Phi) is 4.62. The summed E-state index contributed by atoms with van der Waals surface area (Å²) in [7, 11) is 0. The molecule has 5 nitrogen and oxygen atoms in total. The van der Waals surface area contributed by atoms with Gasteiger partial charge in [0.15, 0.2) is 23.9 Å². The topological polar surface area (TPSA) is 61.8 Å². The van der Waals surface area contributed by atoms with Gasteiger partial charge in [0, 0.05) is 16.9 Å². The second-order valence-corrected chi connectivity index (χ2v) is 6.41. The number of hydrogen-bond donors (Lipinski definition) is 0. The highest BCUT2D eigenvalue weighted by atomic mass is 32.1. The standard InChI is InChI=1S/C17H16O5S/c1-11-3-6-16(23-11)17(19)22-10-13(18)12-4-5-14-15(9-12)21-8-2-7-20-14/h3-6,9H,2,7-8,10H2,1H3. The second kappa shape index (κ2) is 6.83. The van der Waals surface area contributed by atoms with Crippen molar-refractivity contribution in [1.29, 1.82) is 0 Å². The highest BCUT2D eigenvalue weighted by Gasteiger charge is 2.16. The van der Waals surface area contributed by atoms with Crippen LogP contribution >= 0.6 is 11.3 Å². The summed E-state index contributed by atoms with van der Waals surface area (Å²) in [6.07, 6.45) is 0.801. The van der Waals surface area contributed by atoms with Crippen LogP contribution in [0.15, 0.2) is 30.3 Å². The quantitative estimate of drug-likeness (QED) is 0.635. The summed E-state index contributed by atoms with van der Waals surface area (Å²) in [5.41, 5.74) is 0.435. The van der Waals surface area contributed by atoms with Crippen LogP contribution in [0.5, 0.6) is 11.5 Å². The Labute approximate surface area is 137 Å². The first-order valence-corrected chi connectivity index (χ1v) is 8.11. The molecule has 23 heavy (non-hydrogen) atoms. The number of aryl methyl sites for hydroxylation is 1. The van der Waals surface area contributed by atoms with Gasteiger partial charge >= 0.3 is 5.97 Å². The predicted molar refractivity (Wildman–Crippen MR) is 85.7 cm³/mol. The highest BCUT2D eigenvalue weighted by Crippen LogP contribution is 2.30. The molecule has 6 heteroatoms. The van der Waals surface area contributed by atoms with E-state index in [1.54, 1.807) is 24.3 Å². The summed E-state index contributed by atoms with van der Waals surface area (Å²) in [6.45, 7) is 2.76. The van der Waals surface area contributed by atoms with E-state index in [1.165, 1.54) is 11.3 Å². The van der Waals surface area contributed by atoms with Crippen LogP contribution in [0.25, 0.3) is 0 Å². The number of ketones is 1. The number of benzene rings is 1. The fraction of sp³-hybridized carbons (Fsp3) is 0.294. The first kappa shape index (κ1) is 15.6. The fourth-order valence-electron chi connectivity index (χ4n) is 2.17. The van der Waals surface area contributed by atoms with Gasteiger partial charge in [0.2, 0.25) is 0 Å². The van der Waals surface area contributed by atoms with Gasteiger partial charge in [-0.3, -0.25) is 4.79 Å². The van der Waals surface area contributed by atoms with E-state index < -0.39 is 5.97 Å². The van der Waals surface area contributed by atoms with Gasteiger partial charge < -0.3 is 14.2 Å². The maximum Gasteiger partial charge on any atom is 0.348 e. The van der Waals surface area contributed by atoms with Crippen molar-refractivity contribution in [3.8, 4) is 11.5 Å². The fourth-order valence-corrected chi connectivity index (χ4v) is 2.93. The van der Waals surface area contributed by atoms with Crippen LogP contribution < -0.4 is 9.47 Å². The first-order valence-electron chi connectivity index (χ1n) is 7.30. The zero-order valence-electron chi connectivity index (χ0n) is 12.7. The van der Waals surface area contributed by atoms with E-state index in [1.807, 2.05) is 13.0 Å². The van der Waals surface area contributed by atoms with Crippen LogP contribution in [0.3, 0.4) is 0 Å². The minimum Gasteiger partial charge on any atom is -0.490 e. The molecular weight excluding hydrogens is 316 g/mol. The molecule has 0 bridgehead atoms. The molecule has 0 atom stereocenters. The third kappa shape index (κ3) is 3.71. The molecule has 2 heterocycles. The molecule has 0 aliphatic carbocycles. The van der Waals surface area contributed by atoms with Crippen molar-refractivity contribution in [2.45, 2.75) is 13.3 Å².